The Labute approximate surface area is 197 Å². The third-order valence-corrected chi connectivity index (χ3v) is 5.63. The number of methoxy groups -OCH3 is 1. The van der Waals surface area contributed by atoms with Gasteiger partial charge in [-0.3, -0.25) is 0 Å². The second-order valence-electron chi connectivity index (χ2n) is 7.94. The molecule has 4 aromatic carbocycles. The molecule has 5 aromatic rings. The van der Waals surface area contributed by atoms with Gasteiger partial charge in [0, 0.05) is 22.8 Å². The molecule has 0 saturated carbocycles. The number of aromatic nitrogens is 1. The van der Waals surface area contributed by atoms with Gasteiger partial charge in [0.1, 0.15) is 18.5 Å². The number of para-hydroxylation sites is 5. The van der Waals surface area contributed by atoms with Gasteiger partial charge in [0.05, 0.1) is 18.3 Å². The van der Waals surface area contributed by atoms with Gasteiger partial charge < -0.3 is 29.6 Å². The van der Waals surface area contributed by atoms with Gasteiger partial charge >= 0.3 is 0 Å². The monoisotopic (exact) mass is 454 g/mol. The summed E-state index contributed by atoms with van der Waals surface area (Å²) in [5.41, 5.74) is 2.84. The molecule has 0 bridgehead atoms. The van der Waals surface area contributed by atoms with Crippen molar-refractivity contribution in [2.45, 2.75) is 6.10 Å². The van der Waals surface area contributed by atoms with Crippen LogP contribution in [0.2, 0.25) is 0 Å². The summed E-state index contributed by atoms with van der Waals surface area (Å²) in [4.78, 5) is 3.41. The summed E-state index contributed by atoms with van der Waals surface area (Å²) in [6.45, 7) is 0.456. The first-order valence-electron chi connectivity index (χ1n) is 11.2. The highest BCUT2D eigenvalue weighted by molar-refractivity contribution is 6.10. The number of fused-ring (bicyclic) bond motifs is 3. The zero-order chi connectivity index (χ0) is 23.3. The Hall–Kier alpha value is -4.16. The highest BCUT2D eigenvalue weighted by Gasteiger charge is 2.13. The van der Waals surface area contributed by atoms with Crippen molar-refractivity contribution >= 4 is 27.5 Å². The van der Waals surface area contributed by atoms with E-state index in [0.29, 0.717) is 23.8 Å². The average Bonchev–Trinajstić information content (AvgIpc) is 3.26. The second kappa shape index (κ2) is 9.77. The number of aromatic amines is 1. The number of benzene rings is 4. The van der Waals surface area contributed by atoms with Gasteiger partial charge in [-0.05, 0) is 42.5 Å². The minimum absolute atomic E-state index is 0.154. The summed E-state index contributed by atoms with van der Waals surface area (Å²) in [6, 6.07) is 29.1. The van der Waals surface area contributed by atoms with Crippen LogP contribution in [0.5, 0.6) is 23.0 Å². The Morgan fingerprint density at radius 2 is 1.44 bits per heavy atom. The molecule has 1 atom stereocenters. The molecule has 0 radical (unpaired) electrons. The quantitative estimate of drug-likeness (QED) is 0.256. The highest BCUT2D eigenvalue weighted by atomic mass is 16.5. The predicted molar refractivity (Wildman–Crippen MR) is 135 cm³/mol. The van der Waals surface area contributed by atoms with E-state index < -0.39 is 6.10 Å². The van der Waals surface area contributed by atoms with Crippen LogP contribution in [-0.2, 0) is 0 Å². The topological polar surface area (TPSA) is 75.7 Å². The summed E-state index contributed by atoms with van der Waals surface area (Å²) in [5.74, 6) is 2.66. The van der Waals surface area contributed by atoms with Crippen LogP contribution < -0.4 is 19.5 Å². The molecule has 0 aliphatic carbocycles. The van der Waals surface area contributed by atoms with Gasteiger partial charge in [-0.2, -0.15) is 0 Å². The predicted octanol–water partition coefficient (Wildman–Crippen LogP) is 5.97. The smallest absolute Gasteiger partial charge is 0.169 e. The Morgan fingerprint density at radius 3 is 2.29 bits per heavy atom. The van der Waals surface area contributed by atoms with E-state index >= 15 is 0 Å². The van der Waals surface area contributed by atoms with E-state index in [1.54, 1.807) is 7.11 Å². The van der Waals surface area contributed by atoms with Crippen molar-refractivity contribution in [1.29, 1.82) is 0 Å². The van der Waals surface area contributed by atoms with Crippen LogP contribution in [0.25, 0.3) is 21.8 Å². The van der Waals surface area contributed by atoms with Crippen molar-refractivity contribution in [3.8, 4) is 23.0 Å². The normalized spacial score (nSPS) is 11.9. The molecular weight excluding hydrogens is 428 g/mol. The van der Waals surface area contributed by atoms with E-state index in [4.69, 9.17) is 14.2 Å². The second-order valence-corrected chi connectivity index (χ2v) is 7.94. The van der Waals surface area contributed by atoms with E-state index in [-0.39, 0.29) is 6.61 Å². The van der Waals surface area contributed by atoms with Gasteiger partial charge in [-0.1, -0.05) is 48.5 Å². The van der Waals surface area contributed by atoms with Crippen molar-refractivity contribution < 1.29 is 19.3 Å². The SMILES string of the molecule is COc1ccccc1Oc1ccccc1NCC(O)COc1cccc2[nH]c3ccccc3c12. The summed E-state index contributed by atoms with van der Waals surface area (Å²) in [5, 5.41) is 16.0. The van der Waals surface area contributed by atoms with Gasteiger partial charge in [0.2, 0.25) is 0 Å². The average molecular weight is 455 g/mol. The fourth-order valence-corrected chi connectivity index (χ4v) is 3.98. The molecule has 0 aliphatic heterocycles. The van der Waals surface area contributed by atoms with Crippen LogP contribution in [0.3, 0.4) is 0 Å². The van der Waals surface area contributed by atoms with Crippen molar-refractivity contribution in [2.75, 3.05) is 25.6 Å². The molecule has 5 rings (SSSR count). The van der Waals surface area contributed by atoms with Gasteiger partial charge in [0.15, 0.2) is 17.2 Å². The third kappa shape index (κ3) is 4.49. The molecule has 1 unspecified atom stereocenters. The van der Waals surface area contributed by atoms with Crippen molar-refractivity contribution in [1.82, 2.24) is 4.98 Å². The zero-order valence-corrected chi connectivity index (χ0v) is 18.8. The van der Waals surface area contributed by atoms with Gasteiger partial charge in [-0.15, -0.1) is 0 Å². The maximum absolute atomic E-state index is 10.6. The fraction of sp³-hybridized carbons (Fsp3) is 0.143. The number of anilines is 1. The molecule has 0 saturated heterocycles. The van der Waals surface area contributed by atoms with Crippen LogP contribution in [0.4, 0.5) is 5.69 Å². The number of H-pyrrole nitrogens is 1. The highest BCUT2D eigenvalue weighted by Crippen LogP contribution is 2.35. The molecule has 0 amide bonds. The summed E-state index contributed by atoms with van der Waals surface area (Å²) in [6.07, 6.45) is -0.722. The number of ether oxygens (including phenoxy) is 3. The van der Waals surface area contributed by atoms with Crippen LogP contribution in [-0.4, -0.2) is 36.5 Å². The first kappa shape index (κ1) is 21.7. The molecule has 0 fully saturated rings. The Morgan fingerprint density at radius 1 is 0.765 bits per heavy atom. The van der Waals surface area contributed by atoms with Crippen LogP contribution >= 0.6 is 0 Å². The minimum atomic E-state index is -0.722. The van der Waals surface area contributed by atoms with Gasteiger partial charge in [-0.25, -0.2) is 0 Å². The number of hydrogen-bond acceptors (Lipinski definition) is 5. The van der Waals surface area contributed by atoms with Crippen molar-refractivity contribution in [3.05, 3.63) is 91.0 Å². The number of hydrogen-bond donors (Lipinski definition) is 3. The molecule has 0 spiro atoms. The molecular formula is C28H26N2O4. The Balaban J connectivity index is 1.25. The first-order valence-corrected chi connectivity index (χ1v) is 11.2. The first-order chi connectivity index (χ1) is 16.7. The molecule has 6 nitrogen and oxygen atoms in total. The zero-order valence-electron chi connectivity index (χ0n) is 18.8. The van der Waals surface area contributed by atoms with E-state index in [1.165, 1.54) is 0 Å². The summed E-state index contributed by atoms with van der Waals surface area (Å²) < 4.78 is 17.5. The number of nitrogens with one attached hydrogen (secondary N) is 2. The van der Waals surface area contributed by atoms with E-state index in [0.717, 1.165) is 33.2 Å². The number of rotatable bonds is 9. The standard InChI is InChI=1S/C28H26N2O4/c1-32-25-14-6-7-15-26(25)34-24-13-5-4-11-22(24)29-17-19(31)18-33-27-16-8-12-23-28(27)20-9-2-3-10-21(20)30-23/h2-16,19,29-31H,17-18H2,1H3. The molecule has 172 valence electrons. The number of aliphatic hydroxyl groups is 1. The lowest BCUT2D eigenvalue weighted by Gasteiger charge is -2.17. The third-order valence-electron chi connectivity index (χ3n) is 5.63. The lowest BCUT2D eigenvalue weighted by molar-refractivity contribution is 0.118. The molecule has 3 N–H and O–H groups in total. The van der Waals surface area contributed by atoms with Crippen LogP contribution in [0.1, 0.15) is 0 Å². The molecule has 1 aromatic heterocycles. The number of aliphatic hydroxyl groups excluding tert-OH is 1. The Bertz CT molecular complexity index is 1410. The van der Waals surface area contributed by atoms with E-state index in [2.05, 4.69) is 16.4 Å². The van der Waals surface area contributed by atoms with Crippen molar-refractivity contribution in [2.24, 2.45) is 0 Å². The molecule has 0 aliphatic rings. The molecule has 1 heterocycles. The molecule has 34 heavy (non-hydrogen) atoms. The van der Waals surface area contributed by atoms with Crippen LogP contribution in [0, 0.1) is 0 Å². The van der Waals surface area contributed by atoms with Crippen LogP contribution in [0.15, 0.2) is 91.0 Å². The maximum atomic E-state index is 10.6. The van der Waals surface area contributed by atoms with Gasteiger partial charge in [0.25, 0.3) is 0 Å². The lowest BCUT2D eigenvalue weighted by Crippen LogP contribution is -2.26. The maximum Gasteiger partial charge on any atom is 0.169 e. The van der Waals surface area contributed by atoms with E-state index in [1.807, 2.05) is 84.9 Å². The minimum Gasteiger partial charge on any atom is -0.493 e. The van der Waals surface area contributed by atoms with Crippen molar-refractivity contribution in [3.63, 3.8) is 0 Å². The largest absolute Gasteiger partial charge is 0.493 e. The Kier molecular flexibility index (Phi) is 6.23. The molecule has 6 heteroatoms. The lowest BCUT2D eigenvalue weighted by atomic mass is 10.1. The van der Waals surface area contributed by atoms with E-state index in [9.17, 15) is 5.11 Å². The fourth-order valence-electron chi connectivity index (χ4n) is 3.98. The summed E-state index contributed by atoms with van der Waals surface area (Å²) >= 11 is 0. The summed E-state index contributed by atoms with van der Waals surface area (Å²) in [7, 11) is 1.61.